The summed E-state index contributed by atoms with van der Waals surface area (Å²) in [7, 11) is 0. The van der Waals surface area contributed by atoms with Gasteiger partial charge >= 0.3 is 5.97 Å². The van der Waals surface area contributed by atoms with Crippen molar-refractivity contribution in [2.45, 2.75) is 45.6 Å². The second-order valence-electron chi connectivity index (χ2n) is 6.24. The maximum Gasteiger partial charge on any atom is 0.310 e. The molecule has 2 aliphatic carbocycles. The number of hydrogen-bond donors (Lipinski definition) is 1. The van der Waals surface area contributed by atoms with Crippen LogP contribution < -0.4 is 0 Å². The summed E-state index contributed by atoms with van der Waals surface area (Å²) in [6.45, 7) is 5.81. The molecule has 2 bridgehead atoms. The highest BCUT2D eigenvalue weighted by molar-refractivity contribution is 5.74. The van der Waals surface area contributed by atoms with Gasteiger partial charge < -0.3 is 9.84 Å². The maximum atomic E-state index is 12.1. The van der Waals surface area contributed by atoms with Crippen LogP contribution in [0.2, 0.25) is 0 Å². The van der Waals surface area contributed by atoms with Crippen molar-refractivity contribution in [3.63, 3.8) is 0 Å². The lowest BCUT2D eigenvalue weighted by atomic mass is 9.79. The summed E-state index contributed by atoms with van der Waals surface area (Å²) in [5.41, 5.74) is -0.418. The summed E-state index contributed by atoms with van der Waals surface area (Å²) in [6.07, 6.45) is 3.41. The monoisotopic (exact) mass is 226 g/mol. The van der Waals surface area contributed by atoms with Crippen molar-refractivity contribution in [1.29, 1.82) is 0 Å². The highest BCUT2D eigenvalue weighted by Gasteiger charge is 2.51. The fourth-order valence-corrected chi connectivity index (χ4v) is 3.41. The van der Waals surface area contributed by atoms with Crippen LogP contribution in [0.3, 0.4) is 0 Å². The number of carbonyl (C=O) groups is 1. The van der Waals surface area contributed by atoms with Crippen molar-refractivity contribution in [1.82, 2.24) is 0 Å². The first-order valence-corrected chi connectivity index (χ1v) is 6.26. The first-order chi connectivity index (χ1) is 7.42. The van der Waals surface area contributed by atoms with E-state index in [2.05, 4.69) is 0 Å². The van der Waals surface area contributed by atoms with Gasteiger partial charge in [0.1, 0.15) is 5.60 Å². The molecule has 2 rings (SSSR count). The van der Waals surface area contributed by atoms with E-state index < -0.39 is 5.60 Å². The minimum absolute atomic E-state index is 0.0528. The number of hydrogen-bond acceptors (Lipinski definition) is 3. The zero-order valence-electron chi connectivity index (χ0n) is 10.4. The van der Waals surface area contributed by atoms with Crippen molar-refractivity contribution in [3.05, 3.63) is 0 Å². The number of rotatable bonds is 2. The van der Waals surface area contributed by atoms with Gasteiger partial charge in [0, 0.05) is 6.61 Å². The molecule has 0 aliphatic heterocycles. The van der Waals surface area contributed by atoms with Gasteiger partial charge in [0.25, 0.3) is 0 Å². The van der Waals surface area contributed by atoms with Crippen LogP contribution in [0.5, 0.6) is 0 Å². The third-order valence-corrected chi connectivity index (χ3v) is 3.98. The number of aliphatic hydroxyl groups excluding tert-OH is 1. The Bertz CT molecular complexity index is 279. The van der Waals surface area contributed by atoms with Gasteiger partial charge in [0.05, 0.1) is 5.92 Å². The summed E-state index contributed by atoms with van der Waals surface area (Å²) in [5, 5.41) is 9.40. The number of carbonyl (C=O) groups excluding carboxylic acids is 1. The minimum Gasteiger partial charge on any atom is -0.460 e. The molecule has 0 heterocycles. The van der Waals surface area contributed by atoms with E-state index >= 15 is 0 Å². The van der Waals surface area contributed by atoms with Crippen molar-refractivity contribution in [3.8, 4) is 0 Å². The first kappa shape index (κ1) is 11.9. The highest BCUT2D eigenvalue weighted by Crippen LogP contribution is 2.52. The molecule has 4 atom stereocenters. The van der Waals surface area contributed by atoms with E-state index in [0.717, 1.165) is 12.8 Å². The van der Waals surface area contributed by atoms with Gasteiger partial charge in [-0.15, -0.1) is 0 Å². The number of fused-ring (bicyclic) bond motifs is 2. The molecular weight excluding hydrogens is 204 g/mol. The second-order valence-corrected chi connectivity index (χ2v) is 6.24. The second kappa shape index (κ2) is 4.02. The fourth-order valence-electron chi connectivity index (χ4n) is 3.41. The highest BCUT2D eigenvalue weighted by atomic mass is 16.6. The van der Waals surface area contributed by atoms with Gasteiger partial charge in [-0.05, 0) is 57.8 Å². The van der Waals surface area contributed by atoms with Crippen LogP contribution in [0.25, 0.3) is 0 Å². The fraction of sp³-hybridized carbons (Fsp3) is 0.923. The average molecular weight is 226 g/mol. The van der Waals surface area contributed by atoms with Crippen LogP contribution in [0, 0.1) is 23.7 Å². The lowest BCUT2D eigenvalue weighted by Gasteiger charge is -2.30. The summed E-state index contributed by atoms with van der Waals surface area (Å²) in [4.78, 5) is 12.1. The Morgan fingerprint density at radius 3 is 2.50 bits per heavy atom. The van der Waals surface area contributed by atoms with Crippen molar-refractivity contribution < 1.29 is 14.6 Å². The van der Waals surface area contributed by atoms with Gasteiger partial charge in [-0.3, -0.25) is 4.79 Å². The smallest absolute Gasteiger partial charge is 0.310 e. The van der Waals surface area contributed by atoms with E-state index in [4.69, 9.17) is 4.74 Å². The Balaban J connectivity index is 2.06. The topological polar surface area (TPSA) is 46.5 Å². The Hall–Kier alpha value is -0.570. The molecule has 16 heavy (non-hydrogen) atoms. The molecule has 0 radical (unpaired) electrons. The largest absolute Gasteiger partial charge is 0.460 e. The predicted molar refractivity (Wildman–Crippen MR) is 60.7 cm³/mol. The van der Waals surface area contributed by atoms with Crippen LogP contribution in [0.15, 0.2) is 0 Å². The molecule has 92 valence electrons. The molecule has 0 saturated heterocycles. The molecular formula is C13H22O3. The quantitative estimate of drug-likeness (QED) is 0.732. The lowest BCUT2D eigenvalue weighted by molar-refractivity contribution is -0.164. The standard InChI is InChI=1S/C13H22O3/c1-13(2,3)16-12(15)11-9-5-4-8(6-9)10(11)7-14/h8-11,14H,4-7H2,1-3H3/t8-,9+,10+,11-/m1/s1. The zero-order valence-corrected chi connectivity index (χ0v) is 10.4. The lowest BCUT2D eigenvalue weighted by Crippen LogP contribution is -2.37. The Labute approximate surface area is 97.2 Å². The molecule has 0 unspecified atom stereocenters. The average Bonchev–Trinajstić information content (AvgIpc) is 2.72. The third-order valence-electron chi connectivity index (χ3n) is 3.98. The van der Waals surface area contributed by atoms with Gasteiger partial charge in [0.15, 0.2) is 0 Å². The summed E-state index contributed by atoms with van der Waals surface area (Å²) >= 11 is 0. The minimum atomic E-state index is -0.418. The molecule has 0 aromatic rings. The van der Waals surface area contributed by atoms with Crippen molar-refractivity contribution >= 4 is 5.97 Å². The summed E-state index contributed by atoms with van der Waals surface area (Å²) in [6, 6.07) is 0. The van der Waals surface area contributed by atoms with Gasteiger partial charge in [0.2, 0.25) is 0 Å². The Kier molecular flexibility index (Phi) is 2.99. The normalized spacial score (nSPS) is 37.8. The third kappa shape index (κ3) is 2.10. The number of aliphatic hydroxyl groups is 1. The molecule has 1 N–H and O–H groups in total. The van der Waals surface area contributed by atoms with Crippen LogP contribution >= 0.6 is 0 Å². The molecule has 2 aliphatic rings. The summed E-state index contributed by atoms with van der Waals surface area (Å²) in [5.74, 6) is 1.000. The van der Waals surface area contributed by atoms with Gasteiger partial charge in [-0.25, -0.2) is 0 Å². The van der Waals surface area contributed by atoms with E-state index in [0.29, 0.717) is 11.8 Å². The van der Waals surface area contributed by atoms with E-state index in [1.54, 1.807) is 0 Å². The van der Waals surface area contributed by atoms with Crippen molar-refractivity contribution in [2.75, 3.05) is 6.61 Å². The molecule has 3 nitrogen and oxygen atoms in total. The van der Waals surface area contributed by atoms with Gasteiger partial charge in [-0.1, -0.05) is 0 Å². The van der Waals surface area contributed by atoms with E-state index in [1.807, 2.05) is 20.8 Å². The first-order valence-electron chi connectivity index (χ1n) is 6.26. The van der Waals surface area contributed by atoms with Crippen LogP contribution in [-0.2, 0) is 9.53 Å². The molecule has 2 fully saturated rings. The molecule has 0 aromatic heterocycles. The number of ether oxygens (including phenoxy) is 1. The molecule has 0 amide bonds. The molecule has 0 spiro atoms. The zero-order chi connectivity index (χ0) is 11.9. The molecule has 3 heteroatoms. The van der Waals surface area contributed by atoms with E-state index in [1.165, 1.54) is 6.42 Å². The Morgan fingerprint density at radius 2 is 1.94 bits per heavy atom. The molecule has 2 saturated carbocycles. The molecule has 0 aromatic carbocycles. The Morgan fingerprint density at radius 1 is 1.31 bits per heavy atom. The van der Waals surface area contributed by atoms with E-state index in [9.17, 15) is 9.90 Å². The van der Waals surface area contributed by atoms with Crippen LogP contribution in [-0.4, -0.2) is 23.3 Å². The van der Waals surface area contributed by atoms with Gasteiger partial charge in [-0.2, -0.15) is 0 Å². The van der Waals surface area contributed by atoms with Crippen LogP contribution in [0.4, 0.5) is 0 Å². The number of esters is 1. The predicted octanol–water partition coefficient (Wildman–Crippen LogP) is 1.98. The van der Waals surface area contributed by atoms with Crippen LogP contribution in [0.1, 0.15) is 40.0 Å². The summed E-state index contributed by atoms with van der Waals surface area (Å²) < 4.78 is 5.46. The van der Waals surface area contributed by atoms with Crippen molar-refractivity contribution in [2.24, 2.45) is 23.7 Å². The van der Waals surface area contributed by atoms with E-state index in [-0.39, 0.29) is 24.4 Å². The maximum absolute atomic E-state index is 12.1. The SMILES string of the molecule is CC(C)(C)OC(=O)[C@@H]1[C@H]2CC[C@H](C2)[C@@H]1CO.